The molecule has 0 radical (unpaired) electrons. The number of fused-ring (bicyclic) bond motifs is 2. The van der Waals surface area contributed by atoms with Crippen molar-refractivity contribution in [1.82, 2.24) is 38.9 Å². The van der Waals surface area contributed by atoms with Gasteiger partial charge in [-0.3, -0.25) is 13.9 Å². The van der Waals surface area contributed by atoms with Crippen LogP contribution in [0.25, 0.3) is 21.9 Å². The zero-order chi connectivity index (χ0) is 26.9. The van der Waals surface area contributed by atoms with Gasteiger partial charge in [0, 0.05) is 6.54 Å². The van der Waals surface area contributed by atoms with Gasteiger partial charge in [-0.25, -0.2) is 19.3 Å². The fourth-order valence-electron chi connectivity index (χ4n) is 4.72. The van der Waals surface area contributed by atoms with Crippen LogP contribution in [0.4, 0.5) is 0 Å². The first-order valence-electron chi connectivity index (χ1n) is 12.2. The first-order valence-corrected chi connectivity index (χ1v) is 12.2. The van der Waals surface area contributed by atoms with Gasteiger partial charge in [0.25, 0.3) is 5.56 Å². The van der Waals surface area contributed by atoms with Crippen molar-refractivity contribution < 1.29 is 9.90 Å². The molecule has 0 aliphatic rings. The molecule has 3 heterocycles. The second-order valence-corrected chi connectivity index (χ2v) is 9.02. The van der Waals surface area contributed by atoms with E-state index in [-0.39, 0.29) is 18.7 Å². The predicted octanol–water partition coefficient (Wildman–Crippen LogP) is 1.99. The number of rotatable bonds is 8. The highest BCUT2D eigenvalue weighted by molar-refractivity contribution is 5.87. The maximum absolute atomic E-state index is 13.8. The van der Waals surface area contributed by atoms with Crippen molar-refractivity contribution in [2.75, 3.05) is 0 Å². The van der Waals surface area contributed by atoms with Gasteiger partial charge in [0.15, 0.2) is 0 Å². The number of para-hydroxylation sites is 3. The lowest BCUT2D eigenvalue weighted by Crippen LogP contribution is -2.40. The highest BCUT2D eigenvalue weighted by Crippen LogP contribution is 2.18. The minimum atomic E-state index is -1.05. The Morgan fingerprint density at radius 1 is 0.795 bits per heavy atom. The maximum atomic E-state index is 13.8. The molecule has 39 heavy (non-hydrogen) atoms. The average Bonchev–Trinajstić information content (AvgIpc) is 3.60. The van der Waals surface area contributed by atoms with Crippen molar-refractivity contribution in [2.24, 2.45) is 0 Å². The number of benzene rings is 3. The molecule has 0 aliphatic carbocycles. The first kappa shape index (κ1) is 24.0. The summed E-state index contributed by atoms with van der Waals surface area (Å²) in [6.45, 7) is 1.14. The van der Waals surface area contributed by atoms with Gasteiger partial charge in [0.2, 0.25) is 0 Å². The van der Waals surface area contributed by atoms with Crippen molar-refractivity contribution in [3.8, 4) is 0 Å². The zero-order valence-corrected chi connectivity index (χ0v) is 20.6. The van der Waals surface area contributed by atoms with Crippen molar-refractivity contribution in [1.29, 1.82) is 0 Å². The van der Waals surface area contributed by atoms with Crippen molar-refractivity contribution >= 4 is 27.9 Å². The molecule has 12 nitrogen and oxygen atoms in total. The van der Waals surface area contributed by atoms with Crippen LogP contribution in [0.2, 0.25) is 0 Å². The smallest absolute Gasteiger partial charge is 0.335 e. The van der Waals surface area contributed by atoms with Crippen LogP contribution in [0.15, 0.2) is 88.7 Å². The Hall–Kier alpha value is -5.39. The van der Waals surface area contributed by atoms with E-state index >= 15 is 0 Å². The molecule has 3 aromatic heterocycles. The van der Waals surface area contributed by atoms with Gasteiger partial charge < -0.3 is 9.67 Å². The third kappa shape index (κ3) is 4.48. The zero-order valence-electron chi connectivity index (χ0n) is 20.6. The molecular weight excluding hydrogens is 500 g/mol. The lowest BCUT2D eigenvalue weighted by atomic mass is 10.1. The molecule has 6 aromatic rings. The third-order valence-corrected chi connectivity index (χ3v) is 6.65. The second kappa shape index (κ2) is 9.82. The van der Waals surface area contributed by atoms with Crippen LogP contribution in [0.3, 0.4) is 0 Å². The number of carbonyl (C=O) groups is 1. The highest BCUT2D eigenvalue weighted by Gasteiger charge is 2.18. The summed E-state index contributed by atoms with van der Waals surface area (Å²) < 4.78 is 6.37. The van der Waals surface area contributed by atoms with Gasteiger partial charge in [-0.2, -0.15) is 0 Å². The van der Waals surface area contributed by atoms with Crippen LogP contribution in [0.5, 0.6) is 0 Å². The normalized spacial score (nSPS) is 11.4. The fourth-order valence-corrected chi connectivity index (χ4v) is 4.72. The van der Waals surface area contributed by atoms with E-state index in [1.54, 1.807) is 45.6 Å². The summed E-state index contributed by atoms with van der Waals surface area (Å²) in [5, 5.41) is 20.9. The third-order valence-electron chi connectivity index (χ3n) is 6.65. The number of aromatic carboxylic acids is 1. The summed E-state index contributed by atoms with van der Waals surface area (Å²) in [5.41, 5.74) is 2.06. The number of aromatic nitrogens is 8. The molecule has 3 aromatic carbocycles. The number of hydrogen-bond acceptors (Lipinski definition) is 7. The van der Waals surface area contributed by atoms with Crippen molar-refractivity contribution in [2.45, 2.75) is 26.2 Å². The lowest BCUT2D eigenvalue weighted by Gasteiger charge is -2.15. The van der Waals surface area contributed by atoms with Gasteiger partial charge >= 0.3 is 11.7 Å². The molecule has 12 heteroatoms. The number of aryl methyl sites for hydroxylation is 2. The van der Waals surface area contributed by atoms with Gasteiger partial charge in [-0.15, -0.1) is 5.10 Å². The van der Waals surface area contributed by atoms with E-state index in [1.165, 1.54) is 23.0 Å². The summed E-state index contributed by atoms with van der Waals surface area (Å²) in [7, 11) is 0. The van der Waals surface area contributed by atoms with Gasteiger partial charge in [0.1, 0.15) is 12.2 Å². The molecule has 194 valence electrons. The number of tetrazole rings is 1. The van der Waals surface area contributed by atoms with Crippen LogP contribution < -0.4 is 11.2 Å². The summed E-state index contributed by atoms with van der Waals surface area (Å²) in [6.07, 6.45) is 1.54. The average molecular weight is 523 g/mol. The van der Waals surface area contributed by atoms with E-state index in [4.69, 9.17) is 4.98 Å². The highest BCUT2D eigenvalue weighted by atomic mass is 16.4. The van der Waals surface area contributed by atoms with Gasteiger partial charge in [0.05, 0.1) is 47.1 Å². The minimum absolute atomic E-state index is 0.00187. The van der Waals surface area contributed by atoms with Crippen LogP contribution in [-0.2, 0) is 26.2 Å². The summed E-state index contributed by atoms with van der Waals surface area (Å²) in [6, 6.07) is 20.8. The predicted molar refractivity (Wildman–Crippen MR) is 142 cm³/mol. The summed E-state index contributed by atoms with van der Waals surface area (Å²) >= 11 is 0. The molecule has 0 amide bonds. The van der Waals surface area contributed by atoms with Crippen LogP contribution in [0.1, 0.15) is 21.7 Å². The molecule has 1 N–H and O–H groups in total. The molecule has 0 bridgehead atoms. The van der Waals surface area contributed by atoms with Gasteiger partial charge in [-0.1, -0.05) is 36.4 Å². The molecule has 0 spiro atoms. The molecular formula is C27H22N8O4. The second-order valence-electron chi connectivity index (χ2n) is 9.02. The summed E-state index contributed by atoms with van der Waals surface area (Å²) in [5.74, 6) is -0.401. The number of carboxylic acid groups (broad SMARTS) is 1. The molecule has 0 unspecified atom stereocenters. The Morgan fingerprint density at radius 2 is 1.54 bits per heavy atom. The molecule has 0 atom stereocenters. The largest absolute Gasteiger partial charge is 0.478 e. The Morgan fingerprint density at radius 3 is 2.28 bits per heavy atom. The van der Waals surface area contributed by atoms with E-state index in [2.05, 4.69) is 15.5 Å². The topological polar surface area (TPSA) is 143 Å². The Labute approximate surface area is 220 Å². The van der Waals surface area contributed by atoms with E-state index < -0.39 is 17.2 Å². The van der Waals surface area contributed by atoms with Gasteiger partial charge in [-0.05, 0) is 52.4 Å². The van der Waals surface area contributed by atoms with Crippen LogP contribution in [0, 0.1) is 0 Å². The lowest BCUT2D eigenvalue weighted by molar-refractivity contribution is 0.0697. The van der Waals surface area contributed by atoms with E-state index in [9.17, 15) is 19.5 Å². The minimum Gasteiger partial charge on any atom is -0.478 e. The summed E-state index contributed by atoms with van der Waals surface area (Å²) in [4.78, 5) is 43.3. The monoisotopic (exact) mass is 522 g/mol. The van der Waals surface area contributed by atoms with Crippen molar-refractivity contribution in [3.63, 3.8) is 0 Å². The fraction of sp³-hybridized carbons (Fsp3) is 0.148. The Kier molecular flexibility index (Phi) is 6.04. The molecule has 0 saturated carbocycles. The molecule has 6 rings (SSSR count). The number of imidazole rings is 1. The Balaban J connectivity index is 1.45. The maximum Gasteiger partial charge on any atom is 0.335 e. The molecule has 0 saturated heterocycles. The van der Waals surface area contributed by atoms with Crippen molar-refractivity contribution in [3.05, 3.63) is 117 Å². The van der Waals surface area contributed by atoms with Crippen LogP contribution >= 0.6 is 0 Å². The quantitative estimate of drug-likeness (QED) is 0.320. The number of carboxylic acids is 1. The number of hydrogen-bond donors (Lipinski definition) is 1. The standard InChI is InChI=1S/C27H22N8O4/c36-25-20-5-1-3-7-22(20)34(27(39)35(25)15-18-9-11-19(12-10-18)26(37)38)16-24-29-21-6-2-4-8-23(21)33(24)14-13-32-17-28-30-31-32/h1-12,17H,13-16H2,(H,37,38). The van der Waals surface area contributed by atoms with E-state index in [0.29, 0.717) is 35.4 Å². The Bertz CT molecular complexity index is 1940. The molecule has 0 aliphatic heterocycles. The SMILES string of the molecule is O=C(O)c1ccc(Cn2c(=O)c3ccccc3n(Cc3nc4ccccc4n3CCn3cnnn3)c2=O)cc1. The van der Waals surface area contributed by atoms with E-state index in [0.717, 1.165) is 11.0 Å². The van der Waals surface area contributed by atoms with E-state index in [1.807, 2.05) is 28.8 Å². The number of nitrogens with zero attached hydrogens (tertiary/aromatic N) is 8. The molecule has 0 fully saturated rings. The first-order chi connectivity index (χ1) is 19.0. The van der Waals surface area contributed by atoms with Crippen LogP contribution in [-0.4, -0.2) is 50.0 Å².